The summed E-state index contributed by atoms with van der Waals surface area (Å²) in [5, 5.41) is 11.9. The van der Waals surface area contributed by atoms with Gasteiger partial charge in [0.25, 0.3) is 0 Å². The first-order valence-corrected chi connectivity index (χ1v) is 17.7. The van der Waals surface area contributed by atoms with Crippen molar-refractivity contribution >= 4 is 21.9 Å². The zero-order chi connectivity index (χ0) is 33.9. The normalized spacial score (nSPS) is 14.4. The Labute approximate surface area is 295 Å². The second-order valence-corrected chi connectivity index (χ2v) is 13.8. The molecular formula is C46H32N4O. The number of rotatable bonds is 4. The Morgan fingerprint density at radius 1 is 0.529 bits per heavy atom. The topological polar surface area (TPSA) is 75.6 Å². The fraction of sp³-hybridized carbons (Fsp3) is 0.130. The molecule has 1 saturated carbocycles. The van der Waals surface area contributed by atoms with Gasteiger partial charge in [0.05, 0.1) is 17.2 Å². The van der Waals surface area contributed by atoms with Crippen LogP contribution < -0.4 is 0 Å². The standard InChI is InChI=1S/C46H32N4O/c47-28-29-20-22-38-37(26-29)41-33(16-11-19-39(41)46(38)24-8-3-9-25-46)32-21-23-40-36(27-32)34-17-10-18-35(42(34)51-40)45-49-43(30-12-4-1-5-13-30)48-44(50-45)31-14-6-2-7-15-31/h1-2,4-7,10-23,26-27H,3,8-9,24-25H2. The smallest absolute Gasteiger partial charge is 0.167 e. The van der Waals surface area contributed by atoms with Crippen molar-refractivity contribution in [2.24, 2.45) is 0 Å². The molecule has 1 spiro atoms. The number of nitriles is 1. The Bertz CT molecular complexity index is 2620. The van der Waals surface area contributed by atoms with E-state index in [2.05, 4.69) is 66.7 Å². The molecule has 5 heteroatoms. The molecule has 2 aliphatic carbocycles. The first-order chi connectivity index (χ1) is 25.2. The molecule has 0 atom stereocenters. The van der Waals surface area contributed by atoms with Gasteiger partial charge in [-0.1, -0.05) is 122 Å². The molecule has 2 heterocycles. The maximum atomic E-state index is 9.88. The van der Waals surface area contributed by atoms with Gasteiger partial charge in [-0.3, -0.25) is 0 Å². The molecule has 0 radical (unpaired) electrons. The van der Waals surface area contributed by atoms with Gasteiger partial charge in [-0.05, 0) is 76.6 Å². The lowest BCUT2D eigenvalue weighted by atomic mass is 9.67. The fourth-order valence-electron chi connectivity index (χ4n) is 8.63. The molecule has 5 nitrogen and oxygen atoms in total. The van der Waals surface area contributed by atoms with Crippen molar-refractivity contribution in [3.8, 4) is 62.5 Å². The molecule has 2 aromatic heterocycles. The van der Waals surface area contributed by atoms with Crippen LogP contribution in [0.3, 0.4) is 0 Å². The summed E-state index contributed by atoms with van der Waals surface area (Å²) in [4.78, 5) is 14.9. The highest BCUT2D eigenvalue weighted by molar-refractivity contribution is 6.10. The van der Waals surface area contributed by atoms with Crippen molar-refractivity contribution in [3.63, 3.8) is 0 Å². The summed E-state index contributed by atoms with van der Waals surface area (Å²) in [7, 11) is 0. The van der Waals surface area contributed by atoms with Gasteiger partial charge in [-0.15, -0.1) is 0 Å². The minimum absolute atomic E-state index is 0.00992. The van der Waals surface area contributed by atoms with E-state index in [0.717, 1.165) is 57.0 Å². The van der Waals surface area contributed by atoms with Crippen molar-refractivity contribution < 1.29 is 4.42 Å². The maximum Gasteiger partial charge on any atom is 0.167 e. The molecule has 0 unspecified atom stereocenters. The summed E-state index contributed by atoms with van der Waals surface area (Å²) < 4.78 is 6.65. The largest absolute Gasteiger partial charge is 0.455 e. The Morgan fingerprint density at radius 3 is 1.94 bits per heavy atom. The van der Waals surface area contributed by atoms with Gasteiger partial charge < -0.3 is 4.42 Å². The Hall–Kier alpha value is -6.38. The van der Waals surface area contributed by atoms with Crippen LogP contribution in [0.15, 0.2) is 138 Å². The van der Waals surface area contributed by atoms with E-state index in [1.165, 1.54) is 47.1 Å². The van der Waals surface area contributed by atoms with Crippen LogP contribution in [0.4, 0.5) is 0 Å². The van der Waals surface area contributed by atoms with Crippen molar-refractivity contribution in [2.75, 3.05) is 0 Å². The predicted octanol–water partition coefficient (Wildman–Crippen LogP) is 11.5. The van der Waals surface area contributed by atoms with Gasteiger partial charge in [-0.25, -0.2) is 15.0 Å². The quantitative estimate of drug-likeness (QED) is 0.188. The molecule has 0 aliphatic heterocycles. The van der Waals surface area contributed by atoms with Crippen LogP contribution in [0.5, 0.6) is 0 Å². The van der Waals surface area contributed by atoms with Crippen LogP contribution in [0.2, 0.25) is 0 Å². The first-order valence-electron chi connectivity index (χ1n) is 17.7. The average Bonchev–Trinajstić information content (AvgIpc) is 3.71. The SMILES string of the molecule is N#Cc1ccc2c(c1)-c1c(-c3ccc4oc5c(-c6nc(-c7ccccc7)nc(-c7ccccc7)n6)cccc5c4c3)cccc1C21CCCCC1. The molecule has 0 N–H and O–H groups in total. The lowest BCUT2D eigenvalue weighted by molar-refractivity contribution is 0.353. The second-order valence-electron chi connectivity index (χ2n) is 13.8. The predicted molar refractivity (Wildman–Crippen MR) is 203 cm³/mol. The first kappa shape index (κ1) is 29.5. The minimum Gasteiger partial charge on any atom is -0.455 e. The number of fused-ring (bicyclic) bond motifs is 8. The summed E-state index contributed by atoms with van der Waals surface area (Å²) in [5.74, 6) is 1.79. The number of hydrogen-bond acceptors (Lipinski definition) is 5. The van der Waals surface area contributed by atoms with E-state index >= 15 is 0 Å². The highest BCUT2D eigenvalue weighted by atomic mass is 16.3. The molecular weight excluding hydrogens is 625 g/mol. The molecule has 1 fully saturated rings. The van der Waals surface area contributed by atoms with Crippen LogP contribution >= 0.6 is 0 Å². The van der Waals surface area contributed by atoms with E-state index in [-0.39, 0.29) is 5.41 Å². The Morgan fingerprint density at radius 2 is 1.22 bits per heavy atom. The van der Waals surface area contributed by atoms with Gasteiger partial charge in [-0.2, -0.15) is 5.26 Å². The van der Waals surface area contributed by atoms with Crippen molar-refractivity contribution in [2.45, 2.75) is 37.5 Å². The number of para-hydroxylation sites is 1. The van der Waals surface area contributed by atoms with Gasteiger partial charge >= 0.3 is 0 Å². The molecule has 0 amide bonds. The van der Waals surface area contributed by atoms with E-state index in [9.17, 15) is 5.26 Å². The van der Waals surface area contributed by atoms with Crippen LogP contribution in [-0.4, -0.2) is 15.0 Å². The summed E-state index contributed by atoms with van der Waals surface area (Å²) in [6.07, 6.45) is 6.01. The van der Waals surface area contributed by atoms with Gasteiger partial charge in [0.1, 0.15) is 11.2 Å². The van der Waals surface area contributed by atoms with Gasteiger partial charge in [0.2, 0.25) is 0 Å². The average molecular weight is 657 g/mol. The Kier molecular flexibility index (Phi) is 6.72. The molecule has 8 aromatic rings. The summed E-state index contributed by atoms with van der Waals surface area (Å²) >= 11 is 0. The number of nitrogens with zero attached hydrogens (tertiary/aromatic N) is 4. The van der Waals surface area contributed by atoms with Gasteiger partial charge in [0, 0.05) is 27.3 Å². The molecule has 0 bridgehead atoms. The summed E-state index contributed by atoms with van der Waals surface area (Å²) in [5.41, 5.74) is 12.5. The third kappa shape index (κ3) is 4.64. The van der Waals surface area contributed by atoms with Crippen molar-refractivity contribution in [1.29, 1.82) is 5.26 Å². The zero-order valence-electron chi connectivity index (χ0n) is 27.9. The highest BCUT2D eigenvalue weighted by Crippen LogP contribution is 2.58. The second kappa shape index (κ2) is 11.6. The van der Waals surface area contributed by atoms with Crippen LogP contribution in [0.25, 0.3) is 78.4 Å². The lowest BCUT2D eigenvalue weighted by Gasteiger charge is -2.36. The number of aromatic nitrogens is 3. The van der Waals surface area contributed by atoms with E-state index in [4.69, 9.17) is 19.4 Å². The Balaban J connectivity index is 1.15. The minimum atomic E-state index is 0.00992. The molecule has 2 aliphatic rings. The monoisotopic (exact) mass is 656 g/mol. The van der Waals surface area contributed by atoms with E-state index in [1.54, 1.807) is 0 Å². The molecule has 10 rings (SSSR count). The maximum absolute atomic E-state index is 9.88. The fourth-order valence-corrected chi connectivity index (χ4v) is 8.63. The third-order valence-electron chi connectivity index (χ3n) is 11.0. The number of hydrogen-bond donors (Lipinski definition) is 0. The number of benzene rings is 6. The number of furan rings is 1. The van der Waals surface area contributed by atoms with Crippen LogP contribution in [0.1, 0.15) is 48.8 Å². The molecule has 242 valence electrons. The van der Waals surface area contributed by atoms with E-state index < -0.39 is 0 Å². The van der Waals surface area contributed by atoms with Gasteiger partial charge in [0.15, 0.2) is 17.5 Å². The molecule has 6 aromatic carbocycles. The van der Waals surface area contributed by atoms with Crippen molar-refractivity contribution in [1.82, 2.24) is 15.0 Å². The lowest BCUT2D eigenvalue weighted by Crippen LogP contribution is -2.28. The van der Waals surface area contributed by atoms with Crippen LogP contribution in [-0.2, 0) is 5.41 Å². The van der Waals surface area contributed by atoms with E-state index in [1.807, 2.05) is 72.8 Å². The third-order valence-corrected chi connectivity index (χ3v) is 11.0. The molecule has 51 heavy (non-hydrogen) atoms. The zero-order valence-corrected chi connectivity index (χ0v) is 27.9. The molecule has 0 saturated heterocycles. The highest BCUT2D eigenvalue weighted by Gasteiger charge is 2.44. The summed E-state index contributed by atoms with van der Waals surface area (Å²) in [6, 6.07) is 48.3. The van der Waals surface area contributed by atoms with Crippen molar-refractivity contribution in [3.05, 3.63) is 150 Å². The van der Waals surface area contributed by atoms with Crippen LogP contribution in [0, 0.1) is 11.3 Å². The van der Waals surface area contributed by atoms with E-state index in [0.29, 0.717) is 23.0 Å². The summed E-state index contributed by atoms with van der Waals surface area (Å²) in [6.45, 7) is 0.